The first-order valence-corrected chi connectivity index (χ1v) is 8.38. The third kappa shape index (κ3) is 2.97. The third-order valence-electron chi connectivity index (χ3n) is 4.66. The van der Waals surface area contributed by atoms with Crippen molar-refractivity contribution in [2.24, 2.45) is 5.92 Å². The molecule has 2 aromatic heterocycles. The second-order valence-electron chi connectivity index (χ2n) is 6.42. The summed E-state index contributed by atoms with van der Waals surface area (Å²) in [6.07, 6.45) is 6.28. The molecule has 1 saturated carbocycles. The van der Waals surface area contributed by atoms with Crippen molar-refractivity contribution in [1.29, 1.82) is 0 Å². The maximum atomic E-state index is 13.7. The Morgan fingerprint density at radius 1 is 1.15 bits per heavy atom. The maximum Gasteiger partial charge on any atom is 0.431 e. The van der Waals surface area contributed by atoms with Gasteiger partial charge in [0.25, 0.3) is 5.95 Å². The highest BCUT2D eigenvalue weighted by atomic mass is 19.4. The second-order valence-corrected chi connectivity index (χ2v) is 6.42. The number of nitrogens with zero attached hydrogens (tertiary/aromatic N) is 6. The first-order chi connectivity index (χ1) is 12.5. The van der Waals surface area contributed by atoms with Crippen LogP contribution in [0.15, 0.2) is 48.7 Å². The van der Waals surface area contributed by atoms with Gasteiger partial charge in [0.15, 0.2) is 5.82 Å². The van der Waals surface area contributed by atoms with E-state index in [9.17, 15) is 13.2 Å². The van der Waals surface area contributed by atoms with Gasteiger partial charge in [0.1, 0.15) is 12.0 Å². The molecule has 26 heavy (non-hydrogen) atoms. The Morgan fingerprint density at radius 3 is 2.54 bits per heavy atom. The van der Waals surface area contributed by atoms with Gasteiger partial charge in [-0.2, -0.15) is 23.0 Å². The summed E-state index contributed by atoms with van der Waals surface area (Å²) in [4.78, 5) is 13.9. The van der Waals surface area contributed by atoms with Gasteiger partial charge in [-0.1, -0.05) is 12.2 Å². The number of hydrogen-bond acceptors (Lipinski definition) is 5. The average Bonchev–Trinajstić information content (AvgIpc) is 3.36. The average molecular weight is 362 g/mol. The fraction of sp³-hybridized carbons (Fsp3) is 0.412. The van der Waals surface area contributed by atoms with Crippen LogP contribution in [0.2, 0.25) is 0 Å². The summed E-state index contributed by atoms with van der Waals surface area (Å²) >= 11 is 0. The van der Waals surface area contributed by atoms with Crippen molar-refractivity contribution >= 4 is 0 Å². The van der Waals surface area contributed by atoms with E-state index in [0.29, 0.717) is 5.82 Å². The van der Waals surface area contributed by atoms with E-state index < -0.39 is 17.9 Å². The van der Waals surface area contributed by atoms with Gasteiger partial charge >= 0.3 is 6.18 Å². The maximum absolute atomic E-state index is 13.7. The SMILES string of the molecule is CC(c1ncnn1-c1ncccn1)N1C(C(F)(F)F)=CC=CC1C1CC1. The van der Waals surface area contributed by atoms with Crippen LogP contribution in [0.3, 0.4) is 0 Å². The molecule has 6 nitrogen and oxygen atoms in total. The van der Waals surface area contributed by atoms with Gasteiger partial charge in [-0.05, 0) is 37.8 Å². The Hall–Kier alpha value is -2.71. The van der Waals surface area contributed by atoms with Crippen LogP contribution in [0.1, 0.15) is 31.6 Å². The van der Waals surface area contributed by atoms with E-state index in [2.05, 4.69) is 20.1 Å². The molecule has 0 bridgehead atoms. The zero-order valence-electron chi connectivity index (χ0n) is 14.0. The normalized spacial score (nSPS) is 21.6. The summed E-state index contributed by atoms with van der Waals surface area (Å²) in [7, 11) is 0. The topological polar surface area (TPSA) is 59.7 Å². The van der Waals surface area contributed by atoms with Crippen LogP contribution < -0.4 is 0 Å². The lowest BCUT2D eigenvalue weighted by Gasteiger charge is -2.40. The van der Waals surface area contributed by atoms with Crippen molar-refractivity contribution in [3.63, 3.8) is 0 Å². The van der Waals surface area contributed by atoms with Gasteiger partial charge in [-0.25, -0.2) is 15.0 Å². The molecule has 1 aliphatic heterocycles. The smallest absolute Gasteiger partial charge is 0.351 e. The van der Waals surface area contributed by atoms with Gasteiger partial charge in [0, 0.05) is 12.4 Å². The van der Waals surface area contributed by atoms with E-state index in [1.807, 2.05) is 6.08 Å². The number of rotatable bonds is 4. The molecule has 1 aliphatic carbocycles. The van der Waals surface area contributed by atoms with Crippen molar-refractivity contribution in [2.75, 3.05) is 0 Å². The summed E-state index contributed by atoms with van der Waals surface area (Å²) in [6.45, 7) is 1.71. The lowest BCUT2D eigenvalue weighted by molar-refractivity contribution is -0.119. The number of hydrogen-bond donors (Lipinski definition) is 0. The lowest BCUT2D eigenvalue weighted by Crippen LogP contribution is -2.43. The van der Waals surface area contributed by atoms with Crippen molar-refractivity contribution in [2.45, 2.75) is 38.0 Å². The van der Waals surface area contributed by atoms with Gasteiger partial charge in [0.05, 0.1) is 12.1 Å². The quantitative estimate of drug-likeness (QED) is 0.836. The molecule has 0 radical (unpaired) electrons. The predicted molar refractivity (Wildman–Crippen MR) is 87.0 cm³/mol. The molecule has 4 rings (SSSR count). The Labute approximate surface area is 148 Å². The van der Waals surface area contributed by atoms with E-state index in [1.54, 1.807) is 25.4 Å². The Bertz CT molecular complexity index is 838. The minimum Gasteiger partial charge on any atom is -0.351 e. The zero-order chi connectivity index (χ0) is 18.3. The van der Waals surface area contributed by atoms with Crippen LogP contribution in [0.25, 0.3) is 5.95 Å². The molecule has 0 aromatic carbocycles. The molecule has 1 fully saturated rings. The van der Waals surface area contributed by atoms with Gasteiger partial charge in [-0.3, -0.25) is 0 Å². The van der Waals surface area contributed by atoms with Crippen LogP contribution in [0.4, 0.5) is 13.2 Å². The molecule has 0 amide bonds. The Balaban J connectivity index is 1.74. The number of halogens is 3. The van der Waals surface area contributed by atoms with E-state index in [1.165, 1.54) is 22.0 Å². The molecule has 2 unspecified atom stereocenters. The van der Waals surface area contributed by atoms with Crippen molar-refractivity contribution < 1.29 is 13.2 Å². The van der Waals surface area contributed by atoms with Crippen molar-refractivity contribution in [3.8, 4) is 5.95 Å². The fourth-order valence-corrected chi connectivity index (χ4v) is 3.34. The highest BCUT2D eigenvalue weighted by Gasteiger charge is 2.47. The Kier molecular flexibility index (Phi) is 4.01. The van der Waals surface area contributed by atoms with E-state index in [-0.39, 0.29) is 17.9 Å². The molecule has 0 spiro atoms. The number of alkyl halides is 3. The molecule has 2 atom stereocenters. The summed E-state index contributed by atoms with van der Waals surface area (Å²) in [5.74, 6) is 0.872. The molecule has 0 saturated heterocycles. The molecule has 9 heteroatoms. The summed E-state index contributed by atoms with van der Waals surface area (Å²) < 4.78 is 42.4. The highest BCUT2D eigenvalue weighted by Crippen LogP contribution is 2.45. The summed E-state index contributed by atoms with van der Waals surface area (Å²) in [5.41, 5.74) is -0.659. The zero-order valence-corrected chi connectivity index (χ0v) is 14.0. The van der Waals surface area contributed by atoms with Crippen LogP contribution >= 0.6 is 0 Å². The van der Waals surface area contributed by atoms with Crippen LogP contribution in [-0.2, 0) is 0 Å². The molecule has 2 aromatic rings. The van der Waals surface area contributed by atoms with Gasteiger partial charge < -0.3 is 4.90 Å². The molecule has 3 heterocycles. The minimum absolute atomic E-state index is 0.226. The summed E-state index contributed by atoms with van der Waals surface area (Å²) in [5, 5.41) is 4.11. The first-order valence-electron chi connectivity index (χ1n) is 8.38. The number of aromatic nitrogens is 5. The van der Waals surface area contributed by atoms with E-state index in [0.717, 1.165) is 18.9 Å². The highest BCUT2D eigenvalue weighted by molar-refractivity contribution is 5.28. The van der Waals surface area contributed by atoms with Crippen LogP contribution in [-0.4, -0.2) is 41.9 Å². The van der Waals surface area contributed by atoms with Gasteiger partial charge in [-0.15, -0.1) is 0 Å². The number of allylic oxidation sites excluding steroid dienone is 3. The fourth-order valence-electron chi connectivity index (χ4n) is 3.34. The molecule has 0 N–H and O–H groups in total. The van der Waals surface area contributed by atoms with Crippen LogP contribution in [0.5, 0.6) is 0 Å². The van der Waals surface area contributed by atoms with E-state index >= 15 is 0 Å². The first kappa shape index (κ1) is 16.7. The van der Waals surface area contributed by atoms with Crippen molar-refractivity contribution in [3.05, 3.63) is 54.5 Å². The lowest BCUT2D eigenvalue weighted by atomic mass is 10.0. The third-order valence-corrected chi connectivity index (χ3v) is 4.66. The minimum atomic E-state index is -4.44. The van der Waals surface area contributed by atoms with E-state index in [4.69, 9.17) is 0 Å². The Morgan fingerprint density at radius 2 is 1.88 bits per heavy atom. The van der Waals surface area contributed by atoms with Gasteiger partial charge in [0.2, 0.25) is 0 Å². The molecule has 2 aliphatic rings. The van der Waals surface area contributed by atoms with Crippen molar-refractivity contribution in [1.82, 2.24) is 29.6 Å². The van der Waals surface area contributed by atoms with Crippen LogP contribution in [0, 0.1) is 5.92 Å². The summed E-state index contributed by atoms with van der Waals surface area (Å²) in [6, 6.07) is 0.699. The molecule has 136 valence electrons. The standard InChI is InChI=1S/C17H17F3N6/c1-11(15-23-10-24-26(15)16-21-8-3-9-22-16)25-13(12-6-7-12)4-2-5-14(25)17(18,19)20/h2-5,8-13H,6-7H2,1H3. The second kappa shape index (κ2) is 6.22. The molecular weight excluding hydrogens is 345 g/mol. The largest absolute Gasteiger partial charge is 0.431 e. The molecular formula is C17H17F3N6. The predicted octanol–water partition coefficient (Wildman–Crippen LogP) is 3.21. The monoisotopic (exact) mass is 362 g/mol.